The summed E-state index contributed by atoms with van der Waals surface area (Å²) < 4.78 is 30.1. The number of fused-ring (bicyclic) bond motifs is 1. The van der Waals surface area contributed by atoms with Crippen molar-refractivity contribution in [2.45, 2.75) is 38.1 Å². The van der Waals surface area contributed by atoms with Gasteiger partial charge in [-0.2, -0.15) is 5.10 Å². The predicted molar refractivity (Wildman–Crippen MR) is 109 cm³/mol. The molecule has 0 unspecified atom stereocenters. The molecule has 2 aromatic heterocycles. The molecule has 0 amide bonds. The Morgan fingerprint density at radius 3 is 2.39 bits per heavy atom. The van der Waals surface area contributed by atoms with E-state index >= 15 is 0 Å². The van der Waals surface area contributed by atoms with Gasteiger partial charge in [-0.1, -0.05) is 29.8 Å². The maximum Gasteiger partial charge on any atom is 0.269 e. The Bertz CT molecular complexity index is 1240. The zero-order valence-electron chi connectivity index (χ0n) is 16.1. The molecular weight excluding hydrogens is 372 g/mol. The van der Waals surface area contributed by atoms with Crippen molar-refractivity contribution in [1.82, 2.24) is 18.7 Å². The van der Waals surface area contributed by atoms with Gasteiger partial charge in [0, 0.05) is 12.6 Å². The number of rotatable bonds is 5. The Kier molecular flexibility index (Phi) is 4.55. The van der Waals surface area contributed by atoms with Crippen LogP contribution in [0.15, 0.2) is 65.8 Å². The van der Waals surface area contributed by atoms with Gasteiger partial charge in [0.05, 0.1) is 28.2 Å². The number of imidazole rings is 1. The third-order valence-electron chi connectivity index (χ3n) is 4.80. The van der Waals surface area contributed by atoms with Gasteiger partial charge in [0.25, 0.3) is 10.0 Å². The molecular formula is C21H22N4O2S. The van der Waals surface area contributed by atoms with Gasteiger partial charge >= 0.3 is 0 Å². The summed E-state index contributed by atoms with van der Waals surface area (Å²) in [6.07, 6.45) is 4.19. The molecule has 2 aromatic carbocycles. The minimum absolute atomic E-state index is 0.0301. The maximum absolute atomic E-state index is 13.5. The molecule has 0 radical (unpaired) electrons. The van der Waals surface area contributed by atoms with Crippen molar-refractivity contribution in [3.8, 4) is 0 Å². The summed E-state index contributed by atoms with van der Waals surface area (Å²) in [6, 6.07) is 14.2. The topological polar surface area (TPSA) is 69.8 Å². The normalized spacial score (nSPS) is 13.1. The van der Waals surface area contributed by atoms with E-state index in [1.54, 1.807) is 36.5 Å². The lowest BCUT2D eigenvalue weighted by molar-refractivity contribution is 0.477. The van der Waals surface area contributed by atoms with Crippen LogP contribution in [0.4, 0.5) is 0 Å². The van der Waals surface area contributed by atoms with Crippen LogP contribution >= 0.6 is 0 Å². The Morgan fingerprint density at radius 1 is 1.00 bits per heavy atom. The summed E-state index contributed by atoms with van der Waals surface area (Å²) in [5.74, 6) is 0.502. The lowest BCUT2D eigenvalue weighted by atomic mass is 10.2. The van der Waals surface area contributed by atoms with Crippen LogP contribution in [0, 0.1) is 13.8 Å². The van der Waals surface area contributed by atoms with Crippen molar-refractivity contribution in [3.63, 3.8) is 0 Å². The van der Waals surface area contributed by atoms with Gasteiger partial charge in [-0.15, -0.1) is 0 Å². The second-order valence-electron chi connectivity index (χ2n) is 7.15. The standard InChI is InChI=1S/C21H22N4O2S/c1-15-8-10-18(11-9-15)28(26,27)25-20-7-5-4-6-19(20)23-21(25)12-17(3)24-14-16(2)13-22-24/h4-11,13-14,17H,12H2,1-3H3/t17-/m0/s1. The molecule has 0 spiro atoms. The molecule has 0 aliphatic carbocycles. The lowest BCUT2D eigenvalue weighted by Crippen LogP contribution is -2.19. The number of para-hydroxylation sites is 2. The largest absolute Gasteiger partial charge is 0.269 e. The van der Waals surface area contributed by atoms with E-state index in [4.69, 9.17) is 0 Å². The van der Waals surface area contributed by atoms with Gasteiger partial charge in [-0.25, -0.2) is 17.4 Å². The van der Waals surface area contributed by atoms with Crippen molar-refractivity contribution in [1.29, 1.82) is 0 Å². The van der Waals surface area contributed by atoms with Gasteiger partial charge in [0.1, 0.15) is 5.82 Å². The van der Waals surface area contributed by atoms with E-state index < -0.39 is 10.0 Å². The molecule has 2 heterocycles. The second-order valence-corrected chi connectivity index (χ2v) is 8.94. The highest BCUT2D eigenvalue weighted by molar-refractivity contribution is 7.90. The fourth-order valence-electron chi connectivity index (χ4n) is 3.30. The summed E-state index contributed by atoms with van der Waals surface area (Å²) in [6.45, 7) is 5.92. The van der Waals surface area contributed by atoms with Crippen molar-refractivity contribution >= 4 is 21.1 Å². The maximum atomic E-state index is 13.5. The first-order chi connectivity index (χ1) is 13.4. The first-order valence-electron chi connectivity index (χ1n) is 9.15. The molecule has 0 aliphatic rings. The van der Waals surface area contributed by atoms with E-state index in [0.29, 0.717) is 23.3 Å². The van der Waals surface area contributed by atoms with E-state index in [9.17, 15) is 8.42 Å². The Balaban J connectivity index is 1.84. The van der Waals surface area contributed by atoms with Crippen LogP contribution in [0.3, 0.4) is 0 Å². The number of nitrogens with zero attached hydrogens (tertiary/aromatic N) is 4. The monoisotopic (exact) mass is 394 g/mol. The summed E-state index contributed by atoms with van der Waals surface area (Å²) in [4.78, 5) is 4.89. The Labute approximate surface area is 164 Å². The fraction of sp³-hybridized carbons (Fsp3) is 0.238. The number of aryl methyl sites for hydroxylation is 2. The van der Waals surface area contributed by atoms with E-state index in [0.717, 1.165) is 11.1 Å². The van der Waals surface area contributed by atoms with Crippen LogP contribution in [0.1, 0.15) is 29.9 Å². The van der Waals surface area contributed by atoms with Gasteiger partial charge in [-0.3, -0.25) is 4.68 Å². The SMILES string of the molecule is Cc1ccc(S(=O)(=O)n2c(C[C@H](C)n3cc(C)cn3)nc3ccccc32)cc1. The summed E-state index contributed by atoms with van der Waals surface area (Å²) in [5.41, 5.74) is 3.32. The quantitative estimate of drug-likeness (QED) is 0.515. The van der Waals surface area contributed by atoms with Gasteiger partial charge in [-0.05, 0) is 50.6 Å². The van der Waals surface area contributed by atoms with Crippen molar-refractivity contribution in [2.75, 3.05) is 0 Å². The highest BCUT2D eigenvalue weighted by Crippen LogP contribution is 2.26. The summed E-state index contributed by atoms with van der Waals surface area (Å²) in [7, 11) is -3.77. The third kappa shape index (κ3) is 3.22. The van der Waals surface area contributed by atoms with Crippen molar-refractivity contribution in [2.24, 2.45) is 0 Å². The first kappa shape index (κ1) is 18.4. The molecule has 7 heteroatoms. The average molecular weight is 395 g/mol. The van der Waals surface area contributed by atoms with Gasteiger partial charge < -0.3 is 0 Å². The van der Waals surface area contributed by atoms with Crippen LogP contribution in [-0.2, 0) is 16.4 Å². The van der Waals surface area contributed by atoms with Crippen LogP contribution in [0.5, 0.6) is 0 Å². The van der Waals surface area contributed by atoms with Gasteiger partial charge in [0.15, 0.2) is 0 Å². The Morgan fingerprint density at radius 2 is 1.71 bits per heavy atom. The summed E-state index contributed by atoms with van der Waals surface area (Å²) >= 11 is 0. The van der Waals surface area contributed by atoms with Gasteiger partial charge in [0.2, 0.25) is 0 Å². The lowest BCUT2D eigenvalue weighted by Gasteiger charge is -2.15. The molecule has 4 aromatic rings. The zero-order valence-corrected chi connectivity index (χ0v) is 16.9. The minimum atomic E-state index is -3.77. The molecule has 0 fully saturated rings. The molecule has 0 saturated heterocycles. The highest BCUT2D eigenvalue weighted by Gasteiger charge is 2.25. The van der Waals surface area contributed by atoms with Crippen LogP contribution in [0.25, 0.3) is 11.0 Å². The molecule has 144 valence electrons. The van der Waals surface area contributed by atoms with Crippen molar-refractivity contribution in [3.05, 3.63) is 77.9 Å². The van der Waals surface area contributed by atoms with E-state index in [1.807, 2.05) is 49.8 Å². The van der Waals surface area contributed by atoms with Crippen molar-refractivity contribution < 1.29 is 8.42 Å². The minimum Gasteiger partial charge on any atom is -0.269 e. The molecule has 0 bridgehead atoms. The highest BCUT2D eigenvalue weighted by atomic mass is 32.2. The number of hydrogen-bond acceptors (Lipinski definition) is 4. The third-order valence-corrected chi connectivity index (χ3v) is 6.56. The average Bonchev–Trinajstić information content (AvgIpc) is 3.25. The molecule has 1 atom stereocenters. The number of benzene rings is 2. The van der Waals surface area contributed by atoms with E-state index in [2.05, 4.69) is 10.1 Å². The molecule has 0 aliphatic heterocycles. The molecule has 6 nitrogen and oxygen atoms in total. The second kappa shape index (κ2) is 6.91. The van der Waals surface area contributed by atoms with Crippen LogP contribution in [-0.4, -0.2) is 27.2 Å². The Hall–Kier alpha value is -2.93. The molecule has 0 N–H and O–H groups in total. The number of aromatic nitrogens is 4. The molecule has 0 saturated carbocycles. The zero-order chi connectivity index (χ0) is 19.9. The summed E-state index contributed by atoms with van der Waals surface area (Å²) in [5, 5.41) is 4.36. The molecule has 4 rings (SSSR count). The van der Waals surface area contributed by atoms with Crippen LogP contribution < -0.4 is 0 Å². The smallest absolute Gasteiger partial charge is 0.269 e. The molecule has 28 heavy (non-hydrogen) atoms. The first-order valence-corrected chi connectivity index (χ1v) is 10.6. The fourth-order valence-corrected chi connectivity index (χ4v) is 4.80. The van der Waals surface area contributed by atoms with Crippen LogP contribution in [0.2, 0.25) is 0 Å². The number of hydrogen-bond donors (Lipinski definition) is 0. The van der Waals surface area contributed by atoms with E-state index in [1.165, 1.54) is 3.97 Å². The predicted octanol–water partition coefficient (Wildman–Crippen LogP) is 3.89. The van der Waals surface area contributed by atoms with E-state index in [-0.39, 0.29) is 10.9 Å².